The minimum atomic E-state index is -1.17. The van der Waals surface area contributed by atoms with E-state index in [4.69, 9.17) is 19.8 Å². The summed E-state index contributed by atoms with van der Waals surface area (Å²) in [6.07, 6.45) is -1.99. The maximum atomic E-state index is 11.8. The highest BCUT2D eigenvalue weighted by Gasteiger charge is 2.21. The number of nitriles is 1. The van der Waals surface area contributed by atoms with Gasteiger partial charge in [0.05, 0.1) is 12.1 Å². The van der Waals surface area contributed by atoms with Crippen LogP contribution in [0.1, 0.15) is 12.5 Å². The van der Waals surface area contributed by atoms with Crippen molar-refractivity contribution in [2.45, 2.75) is 19.1 Å². The fourth-order valence-electron chi connectivity index (χ4n) is 1.51. The molecule has 0 saturated heterocycles. The molecule has 0 bridgehead atoms. The van der Waals surface area contributed by atoms with Crippen molar-refractivity contribution in [2.75, 3.05) is 13.7 Å². The number of nitrogens with one attached hydrogen (secondary N) is 1. The van der Waals surface area contributed by atoms with E-state index in [0.717, 1.165) is 0 Å². The first-order valence-corrected chi connectivity index (χ1v) is 6.18. The summed E-state index contributed by atoms with van der Waals surface area (Å²) in [5.41, 5.74) is 0.317. The second-order valence-electron chi connectivity index (χ2n) is 4.18. The molecular formula is C14H16N2O5. The van der Waals surface area contributed by atoms with Gasteiger partial charge in [-0.3, -0.25) is 4.79 Å². The monoisotopic (exact) mass is 292 g/mol. The Kier molecular flexibility index (Phi) is 6.17. The molecule has 0 heterocycles. The number of hydrogen-bond donors (Lipinski definition) is 2. The Labute approximate surface area is 122 Å². The number of rotatable bonds is 7. The normalized spacial score (nSPS) is 12.8. The first-order chi connectivity index (χ1) is 9.99. The number of methoxy groups -OCH3 is 1. The van der Waals surface area contributed by atoms with Crippen LogP contribution in [-0.2, 0) is 14.3 Å². The molecule has 112 valence electrons. The van der Waals surface area contributed by atoms with Crippen LogP contribution in [0.2, 0.25) is 0 Å². The maximum Gasteiger partial charge on any atom is 0.334 e. The first kappa shape index (κ1) is 16.5. The lowest BCUT2D eigenvalue weighted by atomic mass is 10.2. The van der Waals surface area contributed by atoms with Gasteiger partial charge in [0.15, 0.2) is 12.2 Å². The number of benzene rings is 1. The van der Waals surface area contributed by atoms with E-state index < -0.39 is 24.1 Å². The molecular weight excluding hydrogens is 276 g/mol. The summed E-state index contributed by atoms with van der Waals surface area (Å²) in [6, 6.07) is 8.49. The molecule has 1 amide bonds. The molecule has 1 rings (SSSR count). The average Bonchev–Trinajstić information content (AvgIpc) is 2.47. The molecule has 0 fully saturated rings. The summed E-state index contributed by atoms with van der Waals surface area (Å²) in [4.78, 5) is 22.6. The van der Waals surface area contributed by atoms with Crippen LogP contribution < -0.4 is 10.1 Å². The second kappa shape index (κ2) is 7.87. The largest absolute Gasteiger partial charge is 0.480 e. The Bertz CT molecular complexity index is 553. The van der Waals surface area contributed by atoms with Crippen molar-refractivity contribution < 1.29 is 24.2 Å². The van der Waals surface area contributed by atoms with E-state index in [1.54, 1.807) is 24.3 Å². The van der Waals surface area contributed by atoms with Crippen LogP contribution in [0.5, 0.6) is 5.75 Å². The zero-order valence-electron chi connectivity index (χ0n) is 11.7. The molecule has 0 radical (unpaired) electrons. The van der Waals surface area contributed by atoms with Crippen LogP contribution in [0.4, 0.5) is 0 Å². The topological polar surface area (TPSA) is 109 Å². The van der Waals surface area contributed by atoms with Gasteiger partial charge in [0.1, 0.15) is 11.8 Å². The molecule has 0 aliphatic carbocycles. The third kappa shape index (κ3) is 4.78. The van der Waals surface area contributed by atoms with Gasteiger partial charge in [0.2, 0.25) is 0 Å². The molecule has 2 atom stereocenters. The van der Waals surface area contributed by atoms with Gasteiger partial charge in [-0.2, -0.15) is 5.26 Å². The minimum Gasteiger partial charge on any atom is -0.480 e. The van der Waals surface area contributed by atoms with Crippen LogP contribution >= 0.6 is 0 Å². The van der Waals surface area contributed by atoms with E-state index in [-0.39, 0.29) is 6.54 Å². The van der Waals surface area contributed by atoms with Crippen LogP contribution in [-0.4, -0.2) is 42.8 Å². The average molecular weight is 292 g/mol. The molecule has 1 aromatic carbocycles. The molecule has 2 unspecified atom stereocenters. The van der Waals surface area contributed by atoms with Crippen LogP contribution in [0.25, 0.3) is 0 Å². The van der Waals surface area contributed by atoms with E-state index >= 15 is 0 Å². The molecule has 1 aromatic rings. The Morgan fingerprint density at radius 2 is 2.10 bits per heavy atom. The number of ether oxygens (including phenoxy) is 2. The van der Waals surface area contributed by atoms with Gasteiger partial charge in [0.25, 0.3) is 5.91 Å². The van der Waals surface area contributed by atoms with Gasteiger partial charge in [-0.1, -0.05) is 12.1 Å². The molecule has 21 heavy (non-hydrogen) atoms. The number of aliphatic carboxylic acids is 1. The SMILES string of the molecule is COC(CNC(=O)C(C)Oc1ccccc1C#N)C(=O)O. The number of para-hydroxylation sites is 1. The highest BCUT2D eigenvalue weighted by Crippen LogP contribution is 2.18. The number of carbonyl (C=O) groups is 2. The molecule has 2 N–H and O–H groups in total. The molecule has 0 saturated carbocycles. The molecule has 0 aliphatic heterocycles. The summed E-state index contributed by atoms with van der Waals surface area (Å²) >= 11 is 0. The summed E-state index contributed by atoms with van der Waals surface area (Å²) in [5, 5.41) is 20.1. The maximum absolute atomic E-state index is 11.8. The molecule has 7 heteroatoms. The van der Waals surface area contributed by atoms with Gasteiger partial charge in [0, 0.05) is 7.11 Å². The number of nitrogens with zero attached hydrogens (tertiary/aromatic N) is 1. The van der Waals surface area contributed by atoms with Gasteiger partial charge >= 0.3 is 5.97 Å². The summed E-state index contributed by atoms with van der Waals surface area (Å²) in [5.74, 6) is -1.36. The standard InChI is InChI=1S/C14H16N2O5/c1-9(13(17)16-8-12(20-2)14(18)19)21-11-6-4-3-5-10(11)7-15/h3-6,9,12H,8H2,1-2H3,(H,16,17)(H,18,19). The number of carbonyl (C=O) groups excluding carboxylic acids is 1. The molecule has 0 spiro atoms. The van der Waals surface area contributed by atoms with E-state index in [2.05, 4.69) is 5.32 Å². The third-order valence-corrected chi connectivity index (χ3v) is 2.70. The molecule has 0 aromatic heterocycles. The molecule has 0 aliphatic rings. The van der Waals surface area contributed by atoms with Crippen molar-refractivity contribution in [3.8, 4) is 11.8 Å². The fourth-order valence-corrected chi connectivity index (χ4v) is 1.51. The van der Waals surface area contributed by atoms with Crippen LogP contribution in [0.15, 0.2) is 24.3 Å². The zero-order valence-corrected chi connectivity index (χ0v) is 11.7. The minimum absolute atomic E-state index is 0.168. The van der Waals surface area contributed by atoms with Crippen molar-refractivity contribution in [3.63, 3.8) is 0 Å². The first-order valence-electron chi connectivity index (χ1n) is 6.18. The summed E-state index contributed by atoms with van der Waals surface area (Å²) in [6.45, 7) is 1.34. The smallest absolute Gasteiger partial charge is 0.334 e. The van der Waals surface area contributed by atoms with Crippen molar-refractivity contribution in [2.24, 2.45) is 0 Å². The summed E-state index contributed by atoms with van der Waals surface area (Å²) < 4.78 is 10.1. The lowest BCUT2D eigenvalue weighted by molar-refractivity contribution is -0.148. The van der Waals surface area contributed by atoms with E-state index in [1.807, 2.05) is 6.07 Å². The van der Waals surface area contributed by atoms with E-state index in [1.165, 1.54) is 14.0 Å². The van der Waals surface area contributed by atoms with Crippen LogP contribution in [0.3, 0.4) is 0 Å². The Morgan fingerprint density at radius 1 is 1.43 bits per heavy atom. The quantitative estimate of drug-likeness (QED) is 0.759. The highest BCUT2D eigenvalue weighted by molar-refractivity contribution is 5.81. The lowest BCUT2D eigenvalue weighted by Crippen LogP contribution is -2.43. The number of carboxylic acids is 1. The predicted molar refractivity (Wildman–Crippen MR) is 72.7 cm³/mol. The van der Waals surface area contributed by atoms with Gasteiger partial charge < -0.3 is 19.9 Å². The predicted octanol–water partition coefficient (Wildman–Crippen LogP) is 0.541. The van der Waals surface area contributed by atoms with Gasteiger partial charge in [-0.05, 0) is 19.1 Å². The number of hydrogen-bond acceptors (Lipinski definition) is 5. The zero-order chi connectivity index (χ0) is 15.8. The van der Waals surface area contributed by atoms with Crippen LogP contribution in [0, 0.1) is 11.3 Å². The van der Waals surface area contributed by atoms with Gasteiger partial charge in [-0.25, -0.2) is 4.79 Å². The van der Waals surface area contributed by atoms with Crippen molar-refractivity contribution in [1.82, 2.24) is 5.32 Å². The Morgan fingerprint density at radius 3 is 2.67 bits per heavy atom. The second-order valence-corrected chi connectivity index (χ2v) is 4.18. The van der Waals surface area contributed by atoms with Crippen molar-refractivity contribution in [1.29, 1.82) is 5.26 Å². The third-order valence-electron chi connectivity index (χ3n) is 2.70. The van der Waals surface area contributed by atoms with Gasteiger partial charge in [-0.15, -0.1) is 0 Å². The highest BCUT2D eigenvalue weighted by atomic mass is 16.5. The summed E-state index contributed by atoms with van der Waals surface area (Å²) in [7, 11) is 1.24. The Balaban J connectivity index is 2.59. The van der Waals surface area contributed by atoms with E-state index in [9.17, 15) is 9.59 Å². The lowest BCUT2D eigenvalue weighted by Gasteiger charge is -2.17. The van der Waals surface area contributed by atoms with Crippen molar-refractivity contribution >= 4 is 11.9 Å². The number of carboxylic acid groups (broad SMARTS) is 1. The fraction of sp³-hybridized carbons (Fsp3) is 0.357. The number of amides is 1. The van der Waals surface area contributed by atoms with E-state index in [0.29, 0.717) is 11.3 Å². The Hall–Kier alpha value is -2.59. The van der Waals surface area contributed by atoms with Crippen molar-refractivity contribution in [3.05, 3.63) is 29.8 Å². The molecule has 7 nitrogen and oxygen atoms in total.